The lowest BCUT2D eigenvalue weighted by molar-refractivity contribution is -0.140. The highest BCUT2D eigenvalue weighted by Gasteiger charge is 2.35. The summed E-state index contributed by atoms with van der Waals surface area (Å²) in [5, 5.41) is -0.422. The van der Waals surface area contributed by atoms with E-state index in [4.69, 9.17) is 17.3 Å². The molecule has 0 bridgehead atoms. The number of halogens is 5. The molecule has 1 heterocycles. The molecule has 0 amide bonds. The van der Waals surface area contributed by atoms with E-state index in [-0.39, 0.29) is 0 Å². The Hall–Kier alpha value is -1.04. The van der Waals surface area contributed by atoms with E-state index in [2.05, 4.69) is 4.98 Å². The van der Waals surface area contributed by atoms with E-state index in [9.17, 15) is 17.6 Å². The number of nitrogens with zero attached hydrogens (tertiary/aromatic N) is 1. The lowest BCUT2D eigenvalue weighted by Gasteiger charge is -2.07. The molecule has 7 heteroatoms. The number of nitrogens with two attached hydrogens (primary N) is 1. The SMILES string of the molecule is Nc1nc(F)c(C(F)(F)F)cc1Cl. The van der Waals surface area contributed by atoms with Crippen LogP contribution in [-0.2, 0) is 6.18 Å². The van der Waals surface area contributed by atoms with Crippen LogP contribution in [-0.4, -0.2) is 4.98 Å². The summed E-state index contributed by atoms with van der Waals surface area (Å²) < 4.78 is 48.5. The molecule has 0 aromatic carbocycles. The average Bonchev–Trinajstić information content (AvgIpc) is 1.94. The first-order valence-electron chi connectivity index (χ1n) is 3.01. The zero-order chi connectivity index (χ0) is 10.2. The van der Waals surface area contributed by atoms with Crippen molar-refractivity contribution >= 4 is 17.4 Å². The molecule has 72 valence electrons. The summed E-state index contributed by atoms with van der Waals surface area (Å²) >= 11 is 5.24. The second kappa shape index (κ2) is 3.02. The van der Waals surface area contributed by atoms with Gasteiger partial charge in [0.25, 0.3) is 0 Å². The van der Waals surface area contributed by atoms with Crippen molar-refractivity contribution in [2.75, 3.05) is 5.73 Å². The fourth-order valence-corrected chi connectivity index (χ4v) is 0.830. The van der Waals surface area contributed by atoms with Crippen molar-refractivity contribution in [3.63, 3.8) is 0 Å². The molecule has 1 rings (SSSR count). The van der Waals surface area contributed by atoms with Crippen molar-refractivity contribution in [3.05, 3.63) is 22.6 Å². The van der Waals surface area contributed by atoms with E-state index in [0.29, 0.717) is 6.07 Å². The van der Waals surface area contributed by atoms with Gasteiger partial charge >= 0.3 is 6.18 Å². The molecular formula is C6H3ClF4N2. The van der Waals surface area contributed by atoms with Gasteiger partial charge in [-0.25, -0.2) is 4.98 Å². The van der Waals surface area contributed by atoms with Crippen LogP contribution < -0.4 is 5.73 Å². The van der Waals surface area contributed by atoms with Crippen LogP contribution in [0.1, 0.15) is 5.56 Å². The fourth-order valence-electron chi connectivity index (χ4n) is 0.678. The number of hydrogen-bond acceptors (Lipinski definition) is 2. The number of rotatable bonds is 0. The largest absolute Gasteiger partial charge is 0.420 e. The summed E-state index contributed by atoms with van der Waals surface area (Å²) in [7, 11) is 0. The first kappa shape index (κ1) is 10.0. The second-order valence-electron chi connectivity index (χ2n) is 2.19. The van der Waals surface area contributed by atoms with Gasteiger partial charge in [0, 0.05) is 0 Å². The molecule has 0 radical (unpaired) electrons. The van der Waals surface area contributed by atoms with Gasteiger partial charge in [-0.2, -0.15) is 17.6 Å². The van der Waals surface area contributed by atoms with Gasteiger partial charge in [0.2, 0.25) is 5.95 Å². The van der Waals surface area contributed by atoms with Crippen molar-refractivity contribution in [1.82, 2.24) is 4.98 Å². The quantitative estimate of drug-likeness (QED) is 0.532. The van der Waals surface area contributed by atoms with E-state index < -0.39 is 28.5 Å². The molecule has 0 saturated heterocycles. The van der Waals surface area contributed by atoms with E-state index >= 15 is 0 Å². The number of nitrogen functional groups attached to an aromatic ring is 1. The highest BCUT2D eigenvalue weighted by Crippen LogP contribution is 2.33. The molecule has 0 fully saturated rings. The summed E-state index contributed by atoms with van der Waals surface area (Å²) in [6, 6.07) is 0.402. The van der Waals surface area contributed by atoms with Crippen LogP contribution in [0.15, 0.2) is 6.07 Å². The molecule has 1 aromatic rings. The standard InChI is InChI=1S/C6H3ClF4N2/c7-3-1-2(6(9,10)11)4(8)13-5(3)12/h1H,(H2,12,13). The van der Waals surface area contributed by atoms with E-state index in [1.54, 1.807) is 0 Å². The Bertz CT molecular complexity index is 336. The zero-order valence-electron chi connectivity index (χ0n) is 5.99. The monoisotopic (exact) mass is 214 g/mol. The summed E-state index contributed by atoms with van der Waals surface area (Å²) in [4.78, 5) is 2.80. The first-order chi connectivity index (χ1) is 5.82. The minimum atomic E-state index is -4.81. The molecule has 0 aliphatic rings. The van der Waals surface area contributed by atoms with Gasteiger partial charge in [-0.05, 0) is 6.07 Å². The normalized spacial score (nSPS) is 11.8. The maximum atomic E-state index is 12.6. The summed E-state index contributed by atoms with van der Waals surface area (Å²) in [5.41, 5.74) is 3.46. The van der Waals surface area contributed by atoms with Crippen molar-refractivity contribution < 1.29 is 17.6 Å². The molecule has 0 saturated carbocycles. The predicted molar refractivity (Wildman–Crippen MR) is 38.6 cm³/mol. The van der Waals surface area contributed by atoms with Crippen molar-refractivity contribution in [3.8, 4) is 0 Å². The number of alkyl halides is 3. The van der Waals surface area contributed by atoms with Gasteiger partial charge in [0.05, 0.1) is 5.02 Å². The molecule has 0 aliphatic heterocycles. The molecule has 2 N–H and O–H groups in total. The third-order valence-electron chi connectivity index (χ3n) is 1.26. The average molecular weight is 215 g/mol. The molecule has 0 aliphatic carbocycles. The van der Waals surface area contributed by atoms with Gasteiger partial charge in [-0.15, -0.1) is 0 Å². The minimum absolute atomic E-state index is 0.402. The fraction of sp³-hybridized carbons (Fsp3) is 0.167. The molecule has 0 spiro atoms. The van der Waals surface area contributed by atoms with Crippen LogP contribution in [0.3, 0.4) is 0 Å². The van der Waals surface area contributed by atoms with E-state index in [0.717, 1.165) is 0 Å². The number of pyridine rings is 1. The summed E-state index contributed by atoms with van der Waals surface area (Å²) in [5.74, 6) is -2.14. The number of aromatic nitrogens is 1. The van der Waals surface area contributed by atoms with Gasteiger partial charge in [-0.3, -0.25) is 0 Å². The smallest absolute Gasteiger partial charge is 0.382 e. The minimum Gasteiger partial charge on any atom is -0.382 e. The first-order valence-corrected chi connectivity index (χ1v) is 3.39. The lowest BCUT2D eigenvalue weighted by atomic mass is 10.2. The molecule has 13 heavy (non-hydrogen) atoms. The predicted octanol–water partition coefficient (Wildman–Crippen LogP) is 2.48. The van der Waals surface area contributed by atoms with Gasteiger partial charge < -0.3 is 5.73 Å². The molecular weight excluding hydrogens is 212 g/mol. The topological polar surface area (TPSA) is 38.9 Å². The Morgan fingerprint density at radius 2 is 1.92 bits per heavy atom. The molecule has 2 nitrogen and oxygen atoms in total. The van der Waals surface area contributed by atoms with E-state index in [1.807, 2.05) is 0 Å². The number of hydrogen-bond donors (Lipinski definition) is 1. The molecule has 1 aromatic heterocycles. The van der Waals surface area contributed by atoms with Gasteiger partial charge in [0.15, 0.2) is 0 Å². The van der Waals surface area contributed by atoms with Crippen LogP contribution in [0, 0.1) is 5.95 Å². The Kier molecular flexibility index (Phi) is 2.34. The van der Waals surface area contributed by atoms with Crippen molar-refractivity contribution in [2.45, 2.75) is 6.18 Å². The van der Waals surface area contributed by atoms with Gasteiger partial charge in [-0.1, -0.05) is 11.6 Å². The van der Waals surface area contributed by atoms with Crippen LogP contribution in [0.4, 0.5) is 23.4 Å². The van der Waals surface area contributed by atoms with Crippen LogP contribution in [0.5, 0.6) is 0 Å². The zero-order valence-corrected chi connectivity index (χ0v) is 6.75. The Morgan fingerprint density at radius 1 is 1.38 bits per heavy atom. The summed E-state index contributed by atoms with van der Waals surface area (Å²) in [6.45, 7) is 0. The Balaban J connectivity index is 3.32. The highest BCUT2D eigenvalue weighted by molar-refractivity contribution is 6.32. The van der Waals surface area contributed by atoms with Crippen molar-refractivity contribution in [2.24, 2.45) is 0 Å². The van der Waals surface area contributed by atoms with E-state index in [1.165, 1.54) is 0 Å². The lowest BCUT2D eigenvalue weighted by Crippen LogP contribution is -2.10. The Labute approximate surface area is 75.3 Å². The second-order valence-corrected chi connectivity index (χ2v) is 2.60. The summed E-state index contributed by atoms with van der Waals surface area (Å²) in [6.07, 6.45) is -4.81. The van der Waals surface area contributed by atoms with Crippen LogP contribution in [0.25, 0.3) is 0 Å². The third-order valence-corrected chi connectivity index (χ3v) is 1.56. The highest BCUT2D eigenvalue weighted by atomic mass is 35.5. The van der Waals surface area contributed by atoms with Gasteiger partial charge in [0.1, 0.15) is 11.4 Å². The van der Waals surface area contributed by atoms with Crippen LogP contribution in [0.2, 0.25) is 5.02 Å². The number of anilines is 1. The van der Waals surface area contributed by atoms with Crippen molar-refractivity contribution in [1.29, 1.82) is 0 Å². The van der Waals surface area contributed by atoms with Crippen LogP contribution >= 0.6 is 11.6 Å². The molecule has 0 atom stereocenters. The molecule has 0 unspecified atom stereocenters. The third kappa shape index (κ3) is 2.00. The maximum absolute atomic E-state index is 12.6. The Morgan fingerprint density at radius 3 is 2.38 bits per heavy atom. The maximum Gasteiger partial charge on any atom is 0.420 e.